The van der Waals surface area contributed by atoms with Gasteiger partial charge in [0.05, 0.1) is 13.0 Å². The van der Waals surface area contributed by atoms with E-state index in [1.807, 2.05) is 36.4 Å². The number of amides is 2. The van der Waals surface area contributed by atoms with Crippen molar-refractivity contribution in [3.63, 3.8) is 0 Å². The van der Waals surface area contributed by atoms with E-state index < -0.39 is 0 Å². The molecule has 0 spiro atoms. The van der Waals surface area contributed by atoms with E-state index in [0.29, 0.717) is 18.2 Å². The largest absolute Gasteiger partial charge is 0.493 e. The molecule has 2 aromatic rings. The number of benzene rings is 2. The van der Waals surface area contributed by atoms with E-state index in [9.17, 15) is 9.59 Å². The molecule has 27 heavy (non-hydrogen) atoms. The molecule has 0 unspecified atom stereocenters. The van der Waals surface area contributed by atoms with Gasteiger partial charge in [0.25, 0.3) is 5.24 Å². The van der Waals surface area contributed by atoms with Crippen LogP contribution < -0.4 is 10.1 Å². The fourth-order valence-corrected chi connectivity index (χ4v) is 2.89. The van der Waals surface area contributed by atoms with Gasteiger partial charge in [-0.1, -0.05) is 26.0 Å². The van der Waals surface area contributed by atoms with E-state index in [4.69, 9.17) is 4.74 Å². The lowest BCUT2D eigenvalue weighted by Crippen LogP contribution is -2.16. The van der Waals surface area contributed by atoms with Gasteiger partial charge in [0, 0.05) is 24.7 Å². The van der Waals surface area contributed by atoms with Crippen LogP contribution in [0.5, 0.6) is 5.75 Å². The van der Waals surface area contributed by atoms with Gasteiger partial charge in [-0.05, 0) is 59.6 Å². The van der Waals surface area contributed by atoms with Crippen LogP contribution in [0.25, 0.3) is 0 Å². The van der Waals surface area contributed by atoms with Crippen molar-refractivity contribution in [2.75, 3.05) is 26.0 Å². The highest BCUT2D eigenvalue weighted by Gasteiger charge is 2.08. The van der Waals surface area contributed by atoms with Crippen LogP contribution in [0.4, 0.5) is 10.5 Å². The smallest absolute Gasteiger partial charge is 0.285 e. The number of carbonyl (C=O) groups excluding carboxylic acids is 2. The number of hydrogen-bond donors (Lipinski definition) is 1. The summed E-state index contributed by atoms with van der Waals surface area (Å²) in [7, 11) is 3.43. The molecule has 0 bridgehead atoms. The molecule has 0 aliphatic heterocycles. The topological polar surface area (TPSA) is 58.6 Å². The van der Waals surface area contributed by atoms with Gasteiger partial charge >= 0.3 is 0 Å². The Bertz CT molecular complexity index is 756. The van der Waals surface area contributed by atoms with Gasteiger partial charge in [0.2, 0.25) is 5.91 Å². The Morgan fingerprint density at radius 1 is 1.04 bits per heavy atom. The first-order valence-electron chi connectivity index (χ1n) is 8.87. The third-order valence-corrected chi connectivity index (χ3v) is 4.90. The van der Waals surface area contributed by atoms with Crippen LogP contribution in [0.15, 0.2) is 53.4 Å². The predicted molar refractivity (Wildman–Crippen MR) is 111 cm³/mol. The van der Waals surface area contributed by atoms with Crippen molar-refractivity contribution in [3.05, 3.63) is 54.1 Å². The van der Waals surface area contributed by atoms with E-state index in [1.54, 1.807) is 26.2 Å². The van der Waals surface area contributed by atoms with E-state index in [1.165, 1.54) is 10.5 Å². The van der Waals surface area contributed by atoms with E-state index in [2.05, 4.69) is 19.2 Å². The molecule has 1 N–H and O–H groups in total. The lowest BCUT2D eigenvalue weighted by molar-refractivity contribution is -0.116. The highest BCUT2D eigenvalue weighted by atomic mass is 32.2. The SMILES string of the molecule is CC(C)c1ccc(OCCC(=O)Nc2ccc(SC(=O)N(C)C)cc2)cc1. The number of carbonyl (C=O) groups is 2. The summed E-state index contributed by atoms with van der Waals surface area (Å²) in [6.07, 6.45) is 0.265. The number of rotatable bonds is 7. The maximum Gasteiger partial charge on any atom is 0.285 e. The summed E-state index contributed by atoms with van der Waals surface area (Å²) >= 11 is 1.15. The summed E-state index contributed by atoms with van der Waals surface area (Å²) in [4.78, 5) is 26.1. The Balaban J connectivity index is 1.76. The third-order valence-electron chi connectivity index (χ3n) is 3.85. The molecule has 2 amide bonds. The molecule has 0 aliphatic carbocycles. The molecular formula is C21H26N2O3S. The molecular weight excluding hydrogens is 360 g/mol. The molecule has 0 radical (unpaired) electrons. The third kappa shape index (κ3) is 6.98. The molecule has 2 aromatic carbocycles. The van der Waals surface area contributed by atoms with Gasteiger partial charge in [-0.2, -0.15) is 0 Å². The summed E-state index contributed by atoms with van der Waals surface area (Å²) in [6.45, 7) is 4.61. The van der Waals surface area contributed by atoms with Crippen LogP contribution in [0.3, 0.4) is 0 Å². The Hall–Kier alpha value is -2.47. The Kier molecular flexibility index (Phi) is 7.73. The van der Waals surface area contributed by atoms with Gasteiger partial charge in [-0.15, -0.1) is 0 Å². The molecule has 5 nitrogen and oxygen atoms in total. The van der Waals surface area contributed by atoms with Gasteiger partial charge < -0.3 is 15.0 Å². The average molecular weight is 387 g/mol. The summed E-state index contributed by atoms with van der Waals surface area (Å²) in [6, 6.07) is 15.1. The number of ether oxygens (including phenoxy) is 1. The fraction of sp³-hybridized carbons (Fsp3) is 0.333. The molecule has 2 rings (SSSR count). The van der Waals surface area contributed by atoms with Crippen molar-refractivity contribution in [2.24, 2.45) is 0 Å². The van der Waals surface area contributed by atoms with Crippen LogP contribution in [-0.4, -0.2) is 36.7 Å². The zero-order chi connectivity index (χ0) is 19.8. The lowest BCUT2D eigenvalue weighted by Gasteiger charge is -2.10. The lowest BCUT2D eigenvalue weighted by atomic mass is 10.0. The first-order chi connectivity index (χ1) is 12.8. The normalized spacial score (nSPS) is 10.6. The molecule has 6 heteroatoms. The van der Waals surface area contributed by atoms with Gasteiger partial charge in [0.1, 0.15) is 5.75 Å². The van der Waals surface area contributed by atoms with Crippen LogP contribution in [-0.2, 0) is 4.79 Å². The van der Waals surface area contributed by atoms with Crippen LogP contribution in [0, 0.1) is 0 Å². The van der Waals surface area contributed by atoms with E-state index >= 15 is 0 Å². The number of nitrogens with one attached hydrogen (secondary N) is 1. The molecule has 0 heterocycles. The van der Waals surface area contributed by atoms with E-state index in [-0.39, 0.29) is 17.6 Å². The molecule has 0 aromatic heterocycles. The first-order valence-corrected chi connectivity index (χ1v) is 9.68. The number of nitrogens with zero attached hydrogens (tertiary/aromatic N) is 1. The molecule has 0 saturated heterocycles. The van der Waals surface area contributed by atoms with Crippen molar-refractivity contribution in [2.45, 2.75) is 31.1 Å². The average Bonchev–Trinajstić information content (AvgIpc) is 2.63. The maximum atomic E-state index is 12.0. The van der Waals surface area contributed by atoms with Crippen molar-refractivity contribution in [3.8, 4) is 5.75 Å². The Morgan fingerprint density at radius 2 is 1.67 bits per heavy atom. The molecule has 144 valence electrons. The maximum absolute atomic E-state index is 12.0. The van der Waals surface area contributed by atoms with E-state index in [0.717, 1.165) is 22.4 Å². The van der Waals surface area contributed by atoms with Gasteiger partial charge in [-0.3, -0.25) is 9.59 Å². The number of hydrogen-bond acceptors (Lipinski definition) is 4. The minimum atomic E-state index is -0.112. The Labute approximate surface area is 165 Å². The summed E-state index contributed by atoms with van der Waals surface area (Å²) < 4.78 is 5.63. The van der Waals surface area contributed by atoms with Crippen molar-refractivity contribution >= 4 is 28.6 Å². The molecule has 0 atom stereocenters. The van der Waals surface area contributed by atoms with Crippen LogP contribution in [0.1, 0.15) is 31.7 Å². The number of thioether (sulfide) groups is 1. The quantitative estimate of drug-likeness (QED) is 0.681. The number of anilines is 1. The predicted octanol–water partition coefficient (Wildman–Crippen LogP) is 4.99. The minimum absolute atomic E-state index is 0.0367. The molecule has 0 fully saturated rings. The van der Waals surface area contributed by atoms with Crippen molar-refractivity contribution in [1.82, 2.24) is 4.90 Å². The second-order valence-electron chi connectivity index (χ2n) is 6.66. The van der Waals surface area contributed by atoms with Gasteiger partial charge in [0.15, 0.2) is 0 Å². The highest BCUT2D eigenvalue weighted by Crippen LogP contribution is 2.22. The second kappa shape index (κ2) is 10.0. The minimum Gasteiger partial charge on any atom is -0.493 e. The van der Waals surface area contributed by atoms with Crippen LogP contribution >= 0.6 is 11.8 Å². The second-order valence-corrected chi connectivity index (χ2v) is 7.68. The zero-order valence-corrected chi connectivity index (χ0v) is 17.0. The Morgan fingerprint density at radius 3 is 2.22 bits per heavy atom. The molecule has 0 saturated carbocycles. The summed E-state index contributed by atoms with van der Waals surface area (Å²) in [5.41, 5.74) is 1.96. The van der Waals surface area contributed by atoms with Crippen LogP contribution in [0.2, 0.25) is 0 Å². The summed E-state index contributed by atoms with van der Waals surface area (Å²) in [5.74, 6) is 1.13. The van der Waals surface area contributed by atoms with Crippen molar-refractivity contribution < 1.29 is 14.3 Å². The summed E-state index contributed by atoms with van der Waals surface area (Å²) in [5, 5.41) is 2.80. The highest BCUT2D eigenvalue weighted by molar-refractivity contribution is 8.13. The van der Waals surface area contributed by atoms with Gasteiger partial charge in [-0.25, -0.2) is 0 Å². The first kappa shape index (κ1) is 20.8. The van der Waals surface area contributed by atoms with Crippen molar-refractivity contribution in [1.29, 1.82) is 0 Å². The zero-order valence-electron chi connectivity index (χ0n) is 16.2. The monoisotopic (exact) mass is 386 g/mol. The fourth-order valence-electron chi connectivity index (χ4n) is 2.23. The standard InChI is InChI=1S/C21H26N2O3S/c1-15(2)16-5-9-18(10-6-16)26-14-13-20(24)22-17-7-11-19(12-8-17)27-21(25)23(3)4/h5-12,15H,13-14H2,1-4H3,(H,22,24). The molecule has 0 aliphatic rings.